The van der Waals surface area contributed by atoms with Crippen LogP contribution >= 0.6 is 15.9 Å². The Bertz CT molecular complexity index is 568. The van der Waals surface area contributed by atoms with Gasteiger partial charge in [-0.3, -0.25) is 5.10 Å². The molecule has 0 spiro atoms. The maximum absolute atomic E-state index is 9.00. The van der Waals surface area contributed by atoms with Crippen molar-refractivity contribution < 1.29 is 0 Å². The molecule has 0 bridgehead atoms. The predicted molar refractivity (Wildman–Crippen MR) is 69.5 cm³/mol. The minimum Gasteiger partial charge on any atom is -0.380 e. The minimum atomic E-state index is 0.634. The number of benzene rings is 1. The molecule has 0 fully saturated rings. The topological polar surface area (TPSA) is 64.5 Å². The Morgan fingerprint density at radius 2 is 2.35 bits per heavy atom. The zero-order valence-electron chi connectivity index (χ0n) is 9.29. The molecule has 1 aromatic heterocycles. The van der Waals surface area contributed by atoms with E-state index in [9.17, 15) is 0 Å². The molecule has 0 radical (unpaired) electrons. The van der Waals surface area contributed by atoms with E-state index in [1.54, 1.807) is 12.3 Å². The van der Waals surface area contributed by atoms with Gasteiger partial charge in [0, 0.05) is 22.3 Å². The van der Waals surface area contributed by atoms with Gasteiger partial charge in [-0.15, -0.1) is 0 Å². The predicted octanol–water partition coefficient (Wildman–Crippen LogP) is 2.96. The van der Waals surface area contributed by atoms with E-state index in [-0.39, 0.29) is 0 Å². The van der Waals surface area contributed by atoms with Gasteiger partial charge in [0.25, 0.3) is 0 Å². The molecule has 0 aliphatic heterocycles. The highest BCUT2D eigenvalue weighted by molar-refractivity contribution is 9.10. The lowest BCUT2D eigenvalue weighted by Crippen LogP contribution is -2.01. The van der Waals surface area contributed by atoms with Crippen molar-refractivity contribution in [3.05, 3.63) is 45.7 Å². The summed E-state index contributed by atoms with van der Waals surface area (Å²) in [5.74, 6) is 0. The van der Waals surface area contributed by atoms with E-state index >= 15 is 0 Å². The minimum absolute atomic E-state index is 0.634. The van der Waals surface area contributed by atoms with Crippen molar-refractivity contribution in [1.82, 2.24) is 10.2 Å². The molecule has 0 saturated heterocycles. The van der Waals surface area contributed by atoms with Gasteiger partial charge in [-0.05, 0) is 25.1 Å². The summed E-state index contributed by atoms with van der Waals surface area (Å²) in [6.45, 7) is 2.61. The van der Waals surface area contributed by atoms with Crippen LogP contribution < -0.4 is 5.32 Å². The normalized spacial score (nSPS) is 9.94. The van der Waals surface area contributed by atoms with Crippen molar-refractivity contribution in [3.63, 3.8) is 0 Å². The number of aryl methyl sites for hydroxylation is 1. The molecular formula is C12H11BrN4. The number of anilines is 1. The molecule has 0 aliphatic rings. The van der Waals surface area contributed by atoms with Crippen LogP contribution in [0.5, 0.6) is 0 Å². The molecule has 0 aliphatic carbocycles. The van der Waals surface area contributed by atoms with E-state index < -0.39 is 0 Å². The summed E-state index contributed by atoms with van der Waals surface area (Å²) in [7, 11) is 0. The fourth-order valence-electron chi connectivity index (χ4n) is 1.50. The summed E-state index contributed by atoms with van der Waals surface area (Å²) >= 11 is 3.39. The van der Waals surface area contributed by atoms with Crippen molar-refractivity contribution in [2.75, 3.05) is 5.32 Å². The quantitative estimate of drug-likeness (QED) is 0.913. The summed E-state index contributed by atoms with van der Waals surface area (Å²) in [4.78, 5) is 0. The van der Waals surface area contributed by atoms with Gasteiger partial charge in [0.15, 0.2) is 0 Å². The van der Waals surface area contributed by atoms with Crippen molar-refractivity contribution in [2.45, 2.75) is 13.5 Å². The fourth-order valence-corrected chi connectivity index (χ4v) is 1.87. The van der Waals surface area contributed by atoms with Gasteiger partial charge in [0.1, 0.15) is 6.07 Å². The van der Waals surface area contributed by atoms with Gasteiger partial charge in [-0.25, -0.2) is 0 Å². The van der Waals surface area contributed by atoms with E-state index in [4.69, 9.17) is 5.26 Å². The average molecular weight is 291 g/mol. The Labute approximate surface area is 108 Å². The number of rotatable bonds is 3. The Hall–Kier alpha value is -1.80. The number of nitrogens with zero attached hydrogens (tertiary/aromatic N) is 2. The van der Waals surface area contributed by atoms with E-state index in [2.05, 4.69) is 37.5 Å². The highest BCUT2D eigenvalue weighted by Gasteiger charge is 2.04. The summed E-state index contributed by atoms with van der Waals surface area (Å²) in [5, 5.41) is 19.1. The molecule has 2 N–H and O–H groups in total. The second-order valence-electron chi connectivity index (χ2n) is 3.68. The van der Waals surface area contributed by atoms with Crippen LogP contribution in [0.25, 0.3) is 0 Å². The summed E-state index contributed by atoms with van der Waals surface area (Å²) in [5.41, 5.74) is 3.58. The first-order chi connectivity index (χ1) is 8.20. The number of halogens is 1. The molecule has 17 heavy (non-hydrogen) atoms. The highest BCUT2D eigenvalue weighted by atomic mass is 79.9. The molecule has 0 amide bonds. The van der Waals surface area contributed by atoms with Crippen molar-refractivity contribution in [2.24, 2.45) is 0 Å². The smallest absolute Gasteiger partial charge is 0.101 e. The zero-order chi connectivity index (χ0) is 12.3. The highest BCUT2D eigenvalue weighted by Crippen LogP contribution is 2.21. The molecule has 86 valence electrons. The standard InChI is InChI=1S/C12H11BrN4/c1-8-10(7-16-17-8)6-15-12-4-11(13)3-2-9(12)5-14/h2-4,7,15H,6H2,1H3,(H,16,17). The first-order valence-electron chi connectivity index (χ1n) is 5.13. The molecule has 0 saturated carbocycles. The Morgan fingerprint density at radius 1 is 1.53 bits per heavy atom. The first kappa shape index (κ1) is 11.7. The Morgan fingerprint density at radius 3 is 3.00 bits per heavy atom. The third-order valence-corrected chi connectivity index (χ3v) is 3.00. The van der Waals surface area contributed by atoms with Crippen LogP contribution in [0.4, 0.5) is 5.69 Å². The van der Waals surface area contributed by atoms with Crippen molar-refractivity contribution in [1.29, 1.82) is 5.26 Å². The average Bonchev–Trinajstić information content (AvgIpc) is 2.72. The largest absolute Gasteiger partial charge is 0.380 e. The van der Waals surface area contributed by atoms with Crippen molar-refractivity contribution in [3.8, 4) is 6.07 Å². The molecular weight excluding hydrogens is 280 g/mol. The second kappa shape index (κ2) is 5.02. The lowest BCUT2D eigenvalue weighted by molar-refractivity contribution is 1.04. The van der Waals surface area contributed by atoms with Crippen LogP contribution in [-0.4, -0.2) is 10.2 Å². The maximum Gasteiger partial charge on any atom is 0.101 e. The number of aromatic nitrogens is 2. The number of aromatic amines is 1. The van der Waals surface area contributed by atoms with E-state index in [0.717, 1.165) is 21.4 Å². The Kier molecular flexibility index (Phi) is 3.45. The molecule has 1 aromatic carbocycles. The van der Waals surface area contributed by atoms with E-state index in [0.29, 0.717) is 12.1 Å². The van der Waals surface area contributed by atoms with Gasteiger partial charge in [-0.1, -0.05) is 15.9 Å². The van der Waals surface area contributed by atoms with Crippen molar-refractivity contribution >= 4 is 21.6 Å². The molecule has 4 nitrogen and oxygen atoms in total. The van der Waals surface area contributed by atoms with Crippen LogP contribution in [0, 0.1) is 18.3 Å². The third kappa shape index (κ3) is 2.66. The van der Waals surface area contributed by atoms with Crippen LogP contribution in [0.1, 0.15) is 16.8 Å². The molecule has 2 aromatic rings. The molecule has 0 atom stereocenters. The second-order valence-corrected chi connectivity index (χ2v) is 4.59. The number of nitrogens with one attached hydrogen (secondary N) is 2. The van der Waals surface area contributed by atoms with E-state index in [1.807, 2.05) is 19.1 Å². The lowest BCUT2D eigenvalue weighted by atomic mass is 10.2. The summed E-state index contributed by atoms with van der Waals surface area (Å²) < 4.78 is 0.947. The third-order valence-electron chi connectivity index (χ3n) is 2.51. The number of hydrogen-bond acceptors (Lipinski definition) is 3. The van der Waals surface area contributed by atoms with Crippen LogP contribution in [0.2, 0.25) is 0 Å². The molecule has 0 unspecified atom stereocenters. The Balaban J connectivity index is 2.17. The number of hydrogen-bond donors (Lipinski definition) is 2. The van der Waals surface area contributed by atoms with Gasteiger partial charge in [-0.2, -0.15) is 10.4 Å². The molecule has 5 heteroatoms. The monoisotopic (exact) mass is 290 g/mol. The number of nitriles is 1. The van der Waals surface area contributed by atoms with Crippen LogP contribution in [0.15, 0.2) is 28.9 Å². The van der Waals surface area contributed by atoms with Gasteiger partial charge < -0.3 is 5.32 Å². The maximum atomic E-state index is 9.00. The van der Waals surface area contributed by atoms with Gasteiger partial charge in [0.2, 0.25) is 0 Å². The van der Waals surface area contributed by atoms with Gasteiger partial charge >= 0.3 is 0 Å². The van der Waals surface area contributed by atoms with Crippen LogP contribution in [0.3, 0.4) is 0 Å². The molecule has 1 heterocycles. The lowest BCUT2D eigenvalue weighted by Gasteiger charge is -2.08. The zero-order valence-corrected chi connectivity index (χ0v) is 10.9. The SMILES string of the molecule is Cc1[nH]ncc1CNc1cc(Br)ccc1C#N. The number of H-pyrrole nitrogens is 1. The molecule has 2 rings (SSSR count). The van der Waals surface area contributed by atoms with Gasteiger partial charge in [0.05, 0.1) is 17.4 Å². The van der Waals surface area contributed by atoms with Crippen LogP contribution in [-0.2, 0) is 6.54 Å². The van der Waals surface area contributed by atoms with E-state index in [1.165, 1.54) is 0 Å². The summed E-state index contributed by atoms with van der Waals surface area (Å²) in [6, 6.07) is 7.70. The summed E-state index contributed by atoms with van der Waals surface area (Å²) in [6.07, 6.45) is 1.78. The fraction of sp³-hybridized carbons (Fsp3) is 0.167. The first-order valence-corrected chi connectivity index (χ1v) is 5.92.